The first kappa shape index (κ1) is 28.8. The zero-order valence-corrected chi connectivity index (χ0v) is 23.6. The summed E-state index contributed by atoms with van der Waals surface area (Å²) in [6.45, 7) is 7.65. The van der Waals surface area contributed by atoms with Crippen LogP contribution in [0.1, 0.15) is 20.2 Å². The van der Waals surface area contributed by atoms with Crippen LogP contribution in [0.5, 0.6) is 11.5 Å². The first-order chi connectivity index (χ1) is 14.0. The molecule has 0 aliphatic carbocycles. The number of aryl methyl sites for hydroxylation is 4. The van der Waals surface area contributed by atoms with E-state index in [-0.39, 0.29) is 5.75 Å². The molecule has 0 saturated carbocycles. The zero-order chi connectivity index (χ0) is 24.1. The lowest BCUT2D eigenvalue weighted by molar-refractivity contribution is -0.0500. The second-order valence-electron chi connectivity index (χ2n) is 6.03. The van der Waals surface area contributed by atoms with Gasteiger partial charge in [-0.3, -0.25) is 0 Å². The third-order valence-corrected chi connectivity index (χ3v) is 8.71. The molecular weight excluding hydrogens is 546 g/mol. The molecule has 174 valence electrons. The van der Waals surface area contributed by atoms with E-state index in [1.165, 1.54) is 28.0 Å². The highest BCUT2D eigenvalue weighted by molar-refractivity contribution is 7.88. The SMILES string of the molecule is Cc1cc(P)sc1C.Cc1sc(P)cc1O.Cc1sc(P)cc1OS(=O)(=O)C(F)(F)F. The normalized spacial score (nSPS) is 11.3. The number of hydrogen-bond acceptors (Lipinski definition) is 7. The van der Waals surface area contributed by atoms with Gasteiger partial charge in [-0.25, -0.2) is 0 Å². The number of alkyl halides is 3. The molecule has 14 heteroatoms. The maximum absolute atomic E-state index is 11.9. The van der Waals surface area contributed by atoms with Crippen molar-refractivity contribution >= 4 is 85.7 Å². The van der Waals surface area contributed by atoms with Gasteiger partial charge in [0.2, 0.25) is 0 Å². The molecule has 0 amide bonds. The molecule has 0 saturated heterocycles. The van der Waals surface area contributed by atoms with E-state index in [2.05, 4.69) is 51.8 Å². The Hall–Kier alpha value is -0.270. The maximum Gasteiger partial charge on any atom is 0.534 e. The predicted molar refractivity (Wildman–Crippen MR) is 137 cm³/mol. The first-order valence-corrected chi connectivity index (χ1v) is 13.9. The van der Waals surface area contributed by atoms with Crippen LogP contribution in [0, 0.1) is 27.7 Å². The predicted octanol–water partition coefficient (Wildman–Crippen LogP) is 4.91. The van der Waals surface area contributed by atoms with E-state index in [1.807, 2.05) is 18.3 Å². The van der Waals surface area contributed by atoms with E-state index in [4.69, 9.17) is 5.11 Å². The summed E-state index contributed by atoms with van der Waals surface area (Å²) < 4.78 is 64.1. The summed E-state index contributed by atoms with van der Waals surface area (Å²) in [4.78, 5) is 2.78. The van der Waals surface area contributed by atoms with Crippen LogP contribution in [0.25, 0.3) is 0 Å². The van der Waals surface area contributed by atoms with E-state index in [0.717, 1.165) is 20.8 Å². The lowest BCUT2D eigenvalue weighted by Gasteiger charge is -2.08. The Bertz CT molecular complexity index is 1040. The number of halogens is 3. The Morgan fingerprint density at radius 1 is 0.839 bits per heavy atom. The van der Waals surface area contributed by atoms with Crippen LogP contribution < -0.4 is 18.0 Å². The summed E-state index contributed by atoms with van der Waals surface area (Å²) in [5, 5.41) is 8.94. The minimum absolute atomic E-state index is 0.290. The van der Waals surface area contributed by atoms with Gasteiger partial charge in [0.15, 0.2) is 5.75 Å². The summed E-state index contributed by atoms with van der Waals surface area (Å²) >= 11 is 4.54. The molecule has 0 bridgehead atoms. The number of hydrogen-bond donors (Lipinski definition) is 1. The molecule has 0 spiro atoms. The van der Waals surface area contributed by atoms with Gasteiger partial charge in [-0.15, -0.1) is 34.0 Å². The number of aromatic hydroxyl groups is 1. The van der Waals surface area contributed by atoms with Crippen molar-refractivity contribution in [1.29, 1.82) is 0 Å². The van der Waals surface area contributed by atoms with Crippen LogP contribution in [0.4, 0.5) is 13.2 Å². The van der Waals surface area contributed by atoms with Gasteiger partial charge in [-0.2, -0.15) is 21.6 Å². The van der Waals surface area contributed by atoms with Crippen molar-refractivity contribution in [2.75, 3.05) is 0 Å². The molecule has 0 fully saturated rings. The quantitative estimate of drug-likeness (QED) is 0.271. The monoisotopic (exact) mass is 568 g/mol. The van der Waals surface area contributed by atoms with Gasteiger partial charge in [-0.05, 0) is 45.4 Å². The van der Waals surface area contributed by atoms with Gasteiger partial charge in [0.25, 0.3) is 0 Å². The third-order valence-electron chi connectivity index (χ3n) is 3.47. The summed E-state index contributed by atoms with van der Waals surface area (Å²) in [5.41, 5.74) is -4.00. The Morgan fingerprint density at radius 2 is 1.29 bits per heavy atom. The molecule has 0 aliphatic rings. The Balaban J connectivity index is 0.000000253. The maximum atomic E-state index is 11.9. The van der Waals surface area contributed by atoms with E-state index >= 15 is 0 Å². The van der Waals surface area contributed by atoms with Crippen LogP contribution in [0.3, 0.4) is 0 Å². The highest BCUT2D eigenvalue weighted by Gasteiger charge is 2.48. The van der Waals surface area contributed by atoms with Gasteiger partial charge < -0.3 is 9.29 Å². The van der Waals surface area contributed by atoms with E-state index in [1.54, 1.807) is 17.4 Å². The molecule has 0 aliphatic heterocycles. The third kappa shape index (κ3) is 9.24. The minimum atomic E-state index is -5.56. The first-order valence-electron chi connectivity index (χ1n) is 8.27. The van der Waals surface area contributed by atoms with Gasteiger partial charge in [0.1, 0.15) is 5.75 Å². The molecule has 31 heavy (non-hydrogen) atoms. The molecule has 3 atom stereocenters. The van der Waals surface area contributed by atoms with Crippen molar-refractivity contribution in [3.05, 3.63) is 38.4 Å². The molecule has 3 heterocycles. The fourth-order valence-corrected chi connectivity index (χ4v) is 6.76. The van der Waals surface area contributed by atoms with Crippen LogP contribution in [-0.2, 0) is 10.1 Å². The van der Waals surface area contributed by atoms with Crippen molar-refractivity contribution in [2.24, 2.45) is 0 Å². The summed E-state index contributed by atoms with van der Waals surface area (Å²) in [7, 11) is 1.93. The number of rotatable bonds is 2. The standard InChI is InChI=1S/C6H6F3O3PS2.C6H9PS.C5H7OPS/c1-3-4(2-5(13)14-3)12-15(10,11)6(7,8)9;1-4-3-6(7)8-5(4)2;1-3-4(6)2-5(7)8-3/h2H,13H2,1H3;3H,7H2,1-2H3;2,6H,7H2,1H3. The minimum Gasteiger partial charge on any atom is -0.507 e. The van der Waals surface area contributed by atoms with Crippen LogP contribution in [0.15, 0.2) is 18.2 Å². The summed E-state index contributed by atoms with van der Waals surface area (Å²) in [5.74, 6) is 0.113. The Morgan fingerprint density at radius 3 is 1.52 bits per heavy atom. The Labute approximate surface area is 199 Å². The van der Waals surface area contributed by atoms with E-state index < -0.39 is 15.6 Å². The fourth-order valence-electron chi connectivity index (χ4n) is 1.83. The highest BCUT2D eigenvalue weighted by atomic mass is 32.2. The second kappa shape index (κ2) is 11.7. The lowest BCUT2D eigenvalue weighted by Crippen LogP contribution is -2.28. The highest BCUT2D eigenvalue weighted by Crippen LogP contribution is 2.30. The van der Waals surface area contributed by atoms with Crippen LogP contribution in [-0.4, -0.2) is 19.0 Å². The molecule has 3 aromatic heterocycles. The van der Waals surface area contributed by atoms with Crippen LogP contribution in [0.2, 0.25) is 0 Å². The van der Waals surface area contributed by atoms with Crippen molar-refractivity contribution in [2.45, 2.75) is 33.2 Å². The van der Waals surface area contributed by atoms with Gasteiger partial charge >= 0.3 is 15.6 Å². The molecule has 3 aromatic rings. The fraction of sp³-hybridized carbons (Fsp3) is 0.294. The van der Waals surface area contributed by atoms with Crippen molar-refractivity contribution < 1.29 is 30.9 Å². The van der Waals surface area contributed by atoms with Gasteiger partial charge in [0, 0.05) is 34.6 Å². The molecular formula is C17H22F3O4P3S4. The summed E-state index contributed by atoms with van der Waals surface area (Å²) in [6, 6.07) is 5.14. The van der Waals surface area contributed by atoms with Crippen molar-refractivity contribution in [1.82, 2.24) is 0 Å². The molecule has 3 rings (SSSR count). The van der Waals surface area contributed by atoms with Crippen LogP contribution >= 0.6 is 61.7 Å². The second-order valence-corrected chi connectivity index (χ2v) is 14.6. The van der Waals surface area contributed by atoms with Crippen molar-refractivity contribution in [3.8, 4) is 11.5 Å². The smallest absolute Gasteiger partial charge is 0.507 e. The average molecular weight is 569 g/mol. The summed E-state index contributed by atoms with van der Waals surface area (Å²) in [6.07, 6.45) is 0. The molecule has 0 radical (unpaired) electrons. The zero-order valence-electron chi connectivity index (χ0n) is 16.9. The molecule has 4 nitrogen and oxygen atoms in total. The Kier molecular flexibility index (Phi) is 10.9. The van der Waals surface area contributed by atoms with Gasteiger partial charge in [0.05, 0.1) is 0 Å². The van der Waals surface area contributed by atoms with E-state index in [0.29, 0.717) is 15.2 Å². The van der Waals surface area contributed by atoms with E-state index in [9.17, 15) is 21.6 Å². The molecule has 3 unspecified atom stereocenters. The number of thiophene rings is 3. The lowest BCUT2D eigenvalue weighted by atomic mass is 10.3. The molecule has 0 aromatic carbocycles. The molecule has 1 N–H and O–H groups in total. The van der Waals surface area contributed by atoms with Gasteiger partial charge in [-0.1, -0.05) is 27.7 Å². The van der Waals surface area contributed by atoms with Crippen molar-refractivity contribution in [3.63, 3.8) is 0 Å². The topological polar surface area (TPSA) is 63.6 Å². The average Bonchev–Trinajstić information content (AvgIpc) is 3.16. The largest absolute Gasteiger partial charge is 0.534 e.